The molecule has 6 heteroatoms. The zero-order valence-electron chi connectivity index (χ0n) is 32.2. The molecule has 0 amide bonds. The molecule has 13 rings (SSSR count). The van der Waals surface area contributed by atoms with Crippen molar-refractivity contribution >= 4 is 86.8 Å². The molecule has 0 aliphatic carbocycles. The van der Waals surface area contributed by atoms with E-state index in [1.54, 1.807) is 0 Å². The molecule has 0 radical (unpaired) electrons. The molecule has 0 saturated heterocycles. The number of hydrogen-bond donors (Lipinski definition) is 0. The Kier molecular flexibility index (Phi) is 6.91. The number of fused-ring (bicyclic) bond motifs is 12. The first-order chi connectivity index (χ1) is 29.8. The highest BCUT2D eigenvalue weighted by Crippen LogP contribution is 2.44. The van der Waals surface area contributed by atoms with Gasteiger partial charge in [-0.1, -0.05) is 127 Å². The Labute approximate surface area is 343 Å². The lowest BCUT2D eigenvalue weighted by atomic mass is 9.91. The molecule has 13 aromatic rings. The summed E-state index contributed by atoms with van der Waals surface area (Å²) in [5, 5.41) is 12.6. The molecule has 5 aromatic heterocycles. The van der Waals surface area contributed by atoms with Crippen molar-refractivity contribution in [3.63, 3.8) is 0 Å². The summed E-state index contributed by atoms with van der Waals surface area (Å²) in [6.07, 6.45) is 5.78. The predicted octanol–water partition coefficient (Wildman–Crippen LogP) is 13.4. The van der Waals surface area contributed by atoms with Gasteiger partial charge in [0.25, 0.3) is 0 Å². The highest BCUT2D eigenvalue weighted by Gasteiger charge is 2.25. The van der Waals surface area contributed by atoms with E-state index in [2.05, 4.69) is 173 Å². The fourth-order valence-corrected chi connectivity index (χ4v) is 9.67. The highest BCUT2D eigenvalue weighted by molar-refractivity contribution is 6.25. The van der Waals surface area contributed by atoms with Gasteiger partial charge < -0.3 is 0 Å². The Morgan fingerprint density at radius 3 is 1.77 bits per heavy atom. The summed E-state index contributed by atoms with van der Waals surface area (Å²) in [4.78, 5) is 21.0. The summed E-state index contributed by atoms with van der Waals surface area (Å²) in [7, 11) is 0. The van der Waals surface area contributed by atoms with Gasteiger partial charge in [0.05, 0.1) is 22.1 Å². The lowest BCUT2D eigenvalue weighted by Crippen LogP contribution is -2.04. The third kappa shape index (κ3) is 4.64. The normalized spacial score (nSPS) is 12.0. The Morgan fingerprint density at radius 1 is 0.383 bits per heavy atom. The van der Waals surface area contributed by atoms with E-state index in [1.807, 2.05) is 30.6 Å². The summed E-state index contributed by atoms with van der Waals surface area (Å²) in [6.45, 7) is 0. The third-order valence-electron chi connectivity index (χ3n) is 12.2. The van der Waals surface area contributed by atoms with Crippen molar-refractivity contribution in [3.05, 3.63) is 195 Å². The third-order valence-corrected chi connectivity index (χ3v) is 12.2. The van der Waals surface area contributed by atoms with Gasteiger partial charge in [-0.3, -0.25) is 14.1 Å². The van der Waals surface area contributed by atoms with Gasteiger partial charge in [-0.25, -0.2) is 15.0 Å². The van der Waals surface area contributed by atoms with Crippen LogP contribution >= 0.6 is 0 Å². The molecule has 0 saturated carbocycles. The van der Waals surface area contributed by atoms with Crippen LogP contribution in [0.4, 0.5) is 0 Å². The van der Waals surface area contributed by atoms with Crippen LogP contribution in [0.15, 0.2) is 195 Å². The smallest absolute Gasteiger partial charge is 0.165 e. The van der Waals surface area contributed by atoms with E-state index in [-0.39, 0.29) is 0 Å². The summed E-state index contributed by atoms with van der Waals surface area (Å²) < 4.78 is 4.51. The molecule has 0 bridgehead atoms. The Hall–Kier alpha value is -8.22. The van der Waals surface area contributed by atoms with E-state index in [9.17, 15) is 0 Å². The van der Waals surface area contributed by atoms with Crippen molar-refractivity contribution in [3.8, 4) is 34.2 Å². The summed E-state index contributed by atoms with van der Waals surface area (Å²) >= 11 is 0. The molecule has 0 unspecified atom stereocenters. The fourth-order valence-electron chi connectivity index (χ4n) is 9.67. The molecule has 0 aliphatic heterocycles. The molecule has 0 spiro atoms. The van der Waals surface area contributed by atoms with Crippen LogP contribution in [0.5, 0.6) is 0 Å². The van der Waals surface area contributed by atoms with Crippen LogP contribution in [-0.4, -0.2) is 29.1 Å². The molecule has 278 valence electrons. The van der Waals surface area contributed by atoms with Crippen LogP contribution in [0.2, 0.25) is 0 Å². The molecule has 5 heterocycles. The van der Waals surface area contributed by atoms with E-state index in [0.717, 1.165) is 88.7 Å². The lowest BCUT2D eigenvalue weighted by molar-refractivity contribution is 1.04. The highest BCUT2D eigenvalue weighted by atomic mass is 15.2. The number of pyridine rings is 3. The number of hydrogen-bond acceptors (Lipinski definition) is 4. The van der Waals surface area contributed by atoms with E-state index in [4.69, 9.17) is 19.9 Å². The summed E-state index contributed by atoms with van der Waals surface area (Å²) in [5.74, 6) is 2.40. The standard InChI is InChI=1S/C54H32N6/c1-3-16-36-33(14-1)30-34-15-2-4-17-37(34)49(36)45-32-57-54(51-42(45)23-13-29-56-51)60-52-43-22-8-6-19-39(43)38-18-5-7-21-41(38)50(52)58-53(60)35-26-27-47-44(31-35)40-20-9-10-24-46(40)59(47)48-25-11-12-28-55-48/h1-32H. The first kappa shape index (κ1) is 32.8. The van der Waals surface area contributed by atoms with Gasteiger partial charge in [0.1, 0.15) is 17.2 Å². The molecular formula is C54H32N6. The van der Waals surface area contributed by atoms with Crippen LogP contribution in [0.3, 0.4) is 0 Å². The number of aromatic nitrogens is 6. The van der Waals surface area contributed by atoms with Gasteiger partial charge in [0.2, 0.25) is 0 Å². The molecular weight excluding hydrogens is 733 g/mol. The van der Waals surface area contributed by atoms with Gasteiger partial charge in [-0.05, 0) is 86.4 Å². The maximum absolute atomic E-state index is 5.63. The van der Waals surface area contributed by atoms with Crippen molar-refractivity contribution in [2.75, 3.05) is 0 Å². The minimum Gasteiger partial charge on any atom is -0.294 e. The second-order valence-electron chi connectivity index (χ2n) is 15.4. The maximum Gasteiger partial charge on any atom is 0.165 e. The minimum atomic E-state index is 0.729. The predicted molar refractivity (Wildman–Crippen MR) is 247 cm³/mol. The topological polar surface area (TPSA) is 61.4 Å². The Bertz CT molecular complexity index is 3850. The first-order valence-electron chi connectivity index (χ1n) is 20.2. The van der Waals surface area contributed by atoms with E-state index >= 15 is 0 Å². The van der Waals surface area contributed by atoms with Crippen molar-refractivity contribution in [2.24, 2.45) is 0 Å². The number of benzene rings is 8. The number of imidazole rings is 1. The van der Waals surface area contributed by atoms with Crippen LogP contribution in [-0.2, 0) is 0 Å². The van der Waals surface area contributed by atoms with Gasteiger partial charge in [0, 0.05) is 56.6 Å². The molecule has 0 fully saturated rings. The number of para-hydroxylation sites is 1. The zero-order chi connectivity index (χ0) is 39.3. The fraction of sp³-hybridized carbons (Fsp3) is 0. The van der Waals surface area contributed by atoms with Crippen molar-refractivity contribution < 1.29 is 0 Å². The average molecular weight is 765 g/mol. The van der Waals surface area contributed by atoms with Crippen LogP contribution < -0.4 is 0 Å². The summed E-state index contributed by atoms with van der Waals surface area (Å²) in [6, 6.07) is 62.3. The average Bonchev–Trinajstić information content (AvgIpc) is 3.88. The van der Waals surface area contributed by atoms with Gasteiger partial charge in [-0.2, -0.15) is 0 Å². The maximum atomic E-state index is 5.63. The van der Waals surface area contributed by atoms with Crippen molar-refractivity contribution in [1.29, 1.82) is 0 Å². The molecule has 0 atom stereocenters. The van der Waals surface area contributed by atoms with Crippen LogP contribution in [0.1, 0.15) is 0 Å². The Morgan fingerprint density at radius 2 is 1.00 bits per heavy atom. The van der Waals surface area contributed by atoms with E-state index in [0.29, 0.717) is 0 Å². The minimum absolute atomic E-state index is 0.729. The van der Waals surface area contributed by atoms with Crippen molar-refractivity contribution in [2.45, 2.75) is 0 Å². The van der Waals surface area contributed by atoms with Crippen LogP contribution in [0, 0.1) is 0 Å². The summed E-state index contributed by atoms with van der Waals surface area (Å²) in [5.41, 5.74) is 8.07. The molecule has 0 aliphatic rings. The van der Waals surface area contributed by atoms with Crippen LogP contribution in [0.25, 0.3) is 121 Å². The molecule has 0 N–H and O–H groups in total. The molecule has 60 heavy (non-hydrogen) atoms. The lowest BCUT2D eigenvalue weighted by Gasteiger charge is -2.17. The van der Waals surface area contributed by atoms with Gasteiger partial charge in [-0.15, -0.1) is 0 Å². The SMILES string of the molecule is c1ccc(-n2c3ccccc3c3cc(-c4nc5c6ccccc6c6ccccc6c5n4-c4ncc(-c5c6ccccc6cc6ccccc56)c5cccnc45)ccc32)nc1. The quantitative estimate of drug-likeness (QED) is 0.132. The Balaban J connectivity index is 1.16. The van der Waals surface area contributed by atoms with E-state index < -0.39 is 0 Å². The number of rotatable bonds is 4. The van der Waals surface area contributed by atoms with Crippen molar-refractivity contribution in [1.82, 2.24) is 29.1 Å². The second kappa shape index (κ2) is 12.6. The largest absolute Gasteiger partial charge is 0.294 e. The first-order valence-corrected chi connectivity index (χ1v) is 20.2. The zero-order valence-corrected chi connectivity index (χ0v) is 32.2. The molecule has 6 nitrogen and oxygen atoms in total. The van der Waals surface area contributed by atoms with E-state index in [1.165, 1.54) is 32.3 Å². The monoisotopic (exact) mass is 764 g/mol. The van der Waals surface area contributed by atoms with Gasteiger partial charge >= 0.3 is 0 Å². The molecule has 8 aromatic carbocycles. The second-order valence-corrected chi connectivity index (χ2v) is 15.4. The number of nitrogens with zero attached hydrogens (tertiary/aromatic N) is 6. The van der Waals surface area contributed by atoms with Gasteiger partial charge in [0.15, 0.2) is 5.82 Å².